The smallest absolute Gasteiger partial charge is 0.254 e. The van der Waals surface area contributed by atoms with Gasteiger partial charge in [0.15, 0.2) is 0 Å². The average molecular weight is 213 g/mol. The zero-order chi connectivity index (χ0) is 9.97. The summed E-state index contributed by atoms with van der Waals surface area (Å²) in [7, 11) is 0. The van der Waals surface area contributed by atoms with Crippen molar-refractivity contribution in [2.45, 2.75) is 6.04 Å². The van der Waals surface area contributed by atoms with Gasteiger partial charge in [-0.05, 0) is 17.5 Å². The first-order valence-electron chi connectivity index (χ1n) is 4.37. The highest BCUT2D eigenvalue weighted by molar-refractivity contribution is 7.14. The molecule has 0 spiro atoms. The highest BCUT2D eigenvalue weighted by Crippen LogP contribution is 2.25. The number of nitrogens with zero attached hydrogens (tertiary/aromatic N) is 1. The first kappa shape index (κ1) is 9.64. The molecular formula is C9H11NO3S. The van der Waals surface area contributed by atoms with Crippen LogP contribution in [0.2, 0.25) is 0 Å². The number of aliphatic hydroxyl groups excluding tert-OH is 1. The van der Waals surface area contributed by atoms with E-state index in [0.717, 1.165) is 5.00 Å². The molecule has 1 aromatic heterocycles. The van der Waals surface area contributed by atoms with Crippen LogP contribution in [0.4, 0.5) is 5.00 Å². The lowest BCUT2D eigenvalue weighted by Gasteiger charge is -2.33. The third kappa shape index (κ3) is 1.66. The zero-order valence-electron chi connectivity index (χ0n) is 7.55. The molecule has 0 aliphatic carbocycles. The van der Waals surface area contributed by atoms with Gasteiger partial charge in [-0.25, -0.2) is 0 Å². The molecule has 1 saturated heterocycles. The van der Waals surface area contributed by atoms with Gasteiger partial charge < -0.3 is 9.84 Å². The number of ether oxygens (including phenoxy) is 1. The summed E-state index contributed by atoms with van der Waals surface area (Å²) in [5.41, 5.74) is 0. The van der Waals surface area contributed by atoms with Gasteiger partial charge in [0.25, 0.3) is 5.91 Å². The molecule has 1 aromatic rings. The van der Waals surface area contributed by atoms with E-state index in [1.54, 1.807) is 4.90 Å². The molecule has 1 atom stereocenters. The standard InChI is InChI=1S/C9H11NO3S/c11-4-7-5-13-6-8(12)10(7)9-2-1-3-14-9/h1-3,7,11H,4-6H2. The maximum atomic E-state index is 11.6. The van der Waals surface area contributed by atoms with E-state index in [9.17, 15) is 4.79 Å². The molecule has 0 bridgehead atoms. The van der Waals surface area contributed by atoms with Crippen LogP contribution in [-0.4, -0.2) is 36.9 Å². The van der Waals surface area contributed by atoms with Gasteiger partial charge in [-0.3, -0.25) is 9.69 Å². The number of hydrogen-bond acceptors (Lipinski definition) is 4. The molecule has 0 aromatic carbocycles. The number of amides is 1. The fourth-order valence-electron chi connectivity index (χ4n) is 1.47. The summed E-state index contributed by atoms with van der Waals surface area (Å²) in [6.07, 6.45) is 0. The molecule has 1 amide bonds. The molecule has 14 heavy (non-hydrogen) atoms. The average Bonchev–Trinajstić information content (AvgIpc) is 2.70. The maximum absolute atomic E-state index is 11.6. The lowest BCUT2D eigenvalue weighted by Crippen LogP contribution is -2.51. The molecule has 2 heterocycles. The van der Waals surface area contributed by atoms with Crippen LogP contribution in [0.1, 0.15) is 0 Å². The number of rotatable bonds is 2. The van der Waals surface area contributed by atoms with Gasteiger partial charge in [-0.2, -0.15) is 0 Å². The molecule has 2 rings (SSSR count). The van der Waals surface area contributed by atoms with E-state index in [0.29, 0.717) is 6.61 Å². The molecule has 0 saturated carbocycles. The van der Waals surface area contributed by atoms with E-state index in [1.165, 1.54) is 11.3 Å². The van der Waals surface area contributed by atoms with Gasteiger partial charge in [-0.1, -0.05) is 0 Å². The van der Waals surface area contributed by atoms with Crippen LogP contribution in [0.25, 0.3) is 0 Å². The Labute approximate surface area is 85.7 Å². The molecule has 0 radical (unpaired) electrons. The summed E-state index contributed by atoms with van der Waals surface area (Å²) in [4.78, 5) is 13.2. The summed E-state index contributed by atoms with van der Waals surface area (Å²) in [6, 6.07) is 3.52. The Balaban J connectivity index is 2.24. The van der Waals surface area contributed by atoms with Crippen LogP contribution in [0, 0.1) is 0 Å². The van der Waals surface area contributed by atoms with Crippen molar-refractivity contribution in [3.05, 3.63) is 17.5 Å². The Morgan fingerprint density at radius 1 is 1.71 bits per heavy atom. The number of hydrogen-bond donors (Lipinski definition) is 1. The third-order valence-electron chi connectivity index (χ3n) is 2.12. The second-order valence-corrected chi connectivity index (χ2v) is 3.99. The highest BCUT2D eigenvalue weighted by Gasteiger charge is 2.29. The highest BCUT2D eigenvalue weighted by atomic mass is 32.1. The largest absolute Gasteiger partial charge is 0.394 e. The molecular weight excluding hydrogens is 202 g/mol. The van der Waals surface area contributed by atoms with Crippen molar-refractivity contribution >= 4 is 22.2 Å². The van der Waals surface area contributed by atoms with Gasteiger partial charge in [0.2, 0.25) is 0 Å². The van der Waals surface area contributed by atoms with Crippen molar-refractivity contribution in [2.75, 3.05) is 24.7 Å². The number of thiophene rings is 1. The van der Waals surface area contributed by atoms with Crippen LogP contribution >= 0.6 is 11.3 Å². The number of morpholine rings is 1. The van der Waals surface area contributed by atoms with Crippen LogP contribution < -0.4 is 4.90 Å². The molecule has 5 heteroatoms. The quantitative estimate of drug-likeness (QED) is 0.777. The zero-order valence-corrected chi connectivity index (χ0v) is 8.37. The summed E-state index contributed by atoms with van der Waals surface area (Å²) in [6.45, 7) is 0.443. The van der Waals surface area contributed by atoms with Gasteiger partial charge in [0, 0.05) is 0 Å². The minimum Gasteiger partial charge on any atom is -0.394 e. The van der Waals surface area contributed by atoms with Crippen molar-refractivity contribution in [2.24, 2.45) is 0 Å². The molecule has 76 valence electrons. The Kier molecular flexibility index (Phi) is 2.81. The lowest BCUT2D eigenvalue weighted by molar-refractivity contribution is -0.128. The summed E-state index contributed by atoms with van der Waals surface area (Å²) in [5, 5.41) is 11.9. The predicted molar refractivity (Wildman–Crippen MR) is 53.5 cm³/mol. The number of carbonyl (C=O) groups excluding carboxylic acids is 1. The maximum Gasteiger partial charge on any atom is 0.254 e. The predicted octanol–water partition coefficient (Wildman–Crippen LogP) is 0.472. The second-order valence-electron chi connectivity index (χ2n) is 3.07. The molecule has 1 N–H and O–H groups in total. The third-order valence-corrected chi connectivity index (χ3v) is 2.99. The molecule has 4 nitrogen and oxygen atoms in total. The second kappa shape index (κ2) is 4.08. The Morgan fingerprint density at radius 2 is 2.57 bits per heavy atom. The summed E-state index contributed by atoms with van der Waals surface area (Å²) < 4.78 is 5.07. The number of carbonyl (C=O) groups is 1. The van der Waals surface area contributed by atoms with Gasteiger partial charge in [-0.15, -0.1) is 11.3 Å². The first-order valence-corrected chi connectivity index (χ1v) is 5.25. The topological polar surface area (TPSA) is 49.8 Å². The van der Waals surface area contributed by atoms with E-state index < -0.39 is 0 Å². The van der Waals surface area contributed by atoms with Crippen LogP contribution in [0.3, 0.4) is 0 Å². The van der Waals surface area contributed by atoms with Gasteiger partial charge in [0.05, 0.1) is 24.3 Å². The van der Waals surface area contributed by atoms with Crippen molar-refractivity contribution < 1.29 is 14.6 Å². The van der Waals surface area contributed by atoms with E-state index in [4.69, 9.17) is 9.84 Å². The molecule has 1 aliphatic heterocycles. The number of aliphatic hydroxyl groups is 1. The van der Waals surface area contributed by atoms with E-state index in [2.05, 4.69) is 0 Å². The summed E-state index contributed by atoms with van der Waals surface area (Å²) in [5.74, 6) is -0.0854. The Bertz CT molecular complexity index is 312. The lowest BCUT2D eigenvalue weighted by atomic mass is 10.2. The number of anilines is 1. The Hall–Kier alpha value is -0.910. The SMILES string of the molecule is O=C1COCC(CO)N1c1cccs1. The van der Waals surface area contributed by atoms with Gasteiger partial charge in [0.1, 0.15) is 6.61 Å². The van der Waals surface area contributed by atoms with E-state index >= 15 is 0 Å². The fourth-order valence-corrected chi connectivity index (χ4v) is 2.29. The van der Waals surface area contributed by atoms with Crippen molar-refractivity contribution in [3.8, 4) is 0 Å². The minimum atomic E-state index is -0.241. The van der Waals surface area contributed by atoms with Crippen LogP contribution in [-0.2, 0) is 9.53 Å². The monoisotopic (exact) mass is 213 g/mol. The van der Waals surface area contributed by atoms with Crippen molar-refractivity contribution in [1.82, 2.24) is 0 Å². The Morgan fingerprint density at radius 3 is 3.21 bits per heavy atom. The normalized spacial score (nSPS) is 22.8. The van der Waals surface area contributed by atoms with E-state index in [1.807, 2.05) is 17.5 Å². The summed E-state index contributed by atoms with van der Waals surface area (Å²) >= 11 is 1.49. The fraction of sp³-hybridized carbons (Fsp3) is 0.444. The van der Waals surface area contributed by atoms with E-state index in [-0.39, 0.29) is 25.2 Å². The minimum absolute atomic E-state index is 0.0658. The first-order chi connectivity index (χ1) is 6.83. The molecule has 1 aliphatic rings. The van der Waals surface area contributed by atoms with Crippen molar-refractivity contribution in [1.29, 1.82) is 0 Å². The molecule has 1 unspecified atom stereocenters. The van der Waals surface area contributed by atoms with Gasteiger partial charge >= 0.3 is 0 Å². The molecule has 1 fully saturated rings. The van der Waals surface area contributed by atoms with Crippen LogP contribution in [0.15, 0.2) is 17.5 Å². The van der Waals surface area contributed by atoms with Crippen molar-refractivity contribution in [3.63, 3.8) is 0 Å². The van der Waals surface area contributed by atoms with Crippen LogP contribution in [0.5, 0.6) is 0 Å².